The molecule has 1 rings (SSSR count). The summed E-state index contributed by atoms with van der Waals surface area (Å²) in [6, 6.07) is 5.57. The van der Waals surface area contributed by atoms with Crippen molar-refractivity contribution in [2.45, 2.75) is 19.3 Å². The summed E-state index contributed by atoms with van der Waals surface area (Å²) in [7, 11) is 0. The SMILES string of the molecule is CSCCCCCNC(=O)c1ccc(Br)cc1Br. The molecule has 1 amide bonds. The standard InChI is InChI=1S/C13H17Br2NOS/c1-18-8-4-2-3-7-16-13(17)11-6-5-10(14)9-12(11)15/h5-6,9H,2-4,7-8H2,1H3,(H,16,17). The Bertz CT molecular complexity index is 399. The minimum Gasteiger partial charge on any atom is -0.352 e. The largest absolute Gasteiger partial charge is 0.352 e. The maximum atomic E-state index is 11.9. The van der Waals surface area contributed by atoms with E-state index >= 15 is 0 Å². The molecule has 18 heavy (non-hydrogen) atoms. The predicted octanol–water partition coefficient (Wildman–Crippen LogP) is 4.47. The average Bonchev–Trinajstić information content (AvgIpc) is 2.33. The maximum absolute atomic E-state index is 11.9. The lowest BCUT2D eigenvalue weighted by molar-refractivity contribution is 0.0952. The van der Waals surface area contributed by atoms with Gasteiger partial charge in [-0.25, -0.2) is 0 Å². The van der Waals surface area contributed by atoms with Crippen molar-refractivity contribution in [2.24, 2.45) is 0 Å². The van der Waals surface area contributed by atoms with E-state index in [9.17, 15) is 4.79 Å². The van der Waals surface area contributed by atoms with Crippen molar-refractivity contribution in [3.05, 3.63) is 32.7 Å². The number of rotatable bonds is 7. The van der Waals surface area contributed by atoms with Crippen LogP contribution in [0, 0.1) is 0 Å². The number of hydrogen-bond donors (Lipinski definition) is 1. The Kier molecular flexibility index (Phi) is 8.02. The second-order valence-electron chi connectivity index (χ2n) is 3.93. The van der Waals surface area contributed by atoms with Gasteiger partial charge in [0.2, 0.25) is 0 Å². The molecule has 0 spiro atoms. The van der Waals surface area contributed by atoms with Gasteiger partial charge < -0.3 is 5.32 Å². The first kappa shape index (κ1) is 16.1. The van der Waals surface area contributed by atoms with Crippen molar-refractivity contribution in [2.75, 3.05) is 18.6 Å². The van der Waals surface area contributed by atoms with Crippen LogP contribution in [0.5, 0.6) is 0 Å². The van der Waals surface area contributed by atoms with E-state index in [0.29, 0.717) is 5.56 Å². The van der Waals surface area contributed by atoms with Crippen molar-refractivity contribution >= 4 is 49.5 Å². The van der Waals surface area contributed by atoms with Gasteiger partial charge in [0.1, 0.15) is 0 Å². The molecule has 0 bridgehead atoms. The number of hydrogen-bond acceptors (Lipinski definition) is 2. The Hall–Kier alpha value is -0.000000000000000111. The lowest BCUT2D eigenvalue weighted by Gasteiger charge is -2.07. The molecule has 0 saturated heterocycles. The molecular weight excluding hydrogens is 378 g/mol. The zero-order chi connectivity index (χ0) is 13.4. The minimum atomic E-state index is -0.0146. The number of carbonyl (C=O) groups excluding carboxylic acids is 1. The quantitative estimate of drug-likeness (QED) is 0.691. The van der Waals surface area contributed by atoms with E-state index in [1.807, 2.05) is 30.0 Å². The molecule has 100 valence electrons. The van der Waals surface area contributed by atoms with E-state index in [0.717, 1.165) is 21.9 Å². The van der Waals surface area contributed by atoms with E-state index in [-0.39, 0.29) is 5.91 Å². The van der Waals surface area contributed by atoms with Crippen molar-refractivity contribution < 1.29 is 4.79 Å². The molecule has 0 aromatic heterocycles. The fraction of sp³-hybridized carbons (Fsp3) is 0.462. The summed E-state index contributed by atoms with van der Waals surface area (Å²) in [6.45, 7) is 0.746. The van der Waals surface area contributed by atoms with Crippen LogP contribution in [0.2, 0.25) is 0 Å². The molecule has 0 aliphatic heterocycles. The van der Waals surface area contributed by atoms with Crippen molar-refractivity contribution in [1.82, 2.24) is 5.32 Å². The number of nitrogens with one attached hydrogen (secondary N) is 1. The predicted molar refractivity (Wildman–Crippen MR) is 86.4 cm³/mol. The summed E-state index contributed by atoms with van der Waals surface area (Å²) in [5.74, 6) is 1.19. The van der Waals surface area contributed by atoms with Gasteiger partial charge in [-0.15, -0.1) is 0 Å². The summed E-state index contributed by atoms with van der Waals surface area (Å²) in [4.78, 5) is 11.9. The van der Waals surface area contributed by atoms with Crippen LogP contribution < -0.4 is 5.32 Å². The molecule has 1 aromatic carbocycles. The Morgan fingerprint density at radius 3 is 2.72 bits per heavy atom. The van der Waals surface area contributed by atoms with Gasteiger partial charge in [0, 0.05) is 15.5 Å². The van der Waals surface area contributed by atoms with Gasteiger partial charge in [0.15, 0.2) is 0 Å². The van der Waals surface area contributed by atoms with E-state index < -0.39 is 0 Å². The molecule has 0 unspecified atom stereocenters. The van der Waals surface area contributed by atoms with Crippen molar-refractivity contribution in [3.63, 3.8) is 0 Å². The van der Waals surface area contributed by atoms with E-state index in [4.69, 9.17) is 0 Å². The Balaban J connectivity index is 2.32. The van der Waals surface area contributed by atoms with E-state index in [2.05, 4.69) is 43.4 Å². The topological polar surface area (TPSA) is 29.1 Å². The first-order valence-corrected chi connectivity index (χ1v) is 8.85. The molecule has 0 radical (unpaired) electrons. The Labute approximate surface area is 130 Å². The Morgan fingerprint density at radius 1 is 1.28 bits per heavy atom. The molecule has 1 N–H and O–H groups in total. The van der Waals surface area contributed by atoms with Crippen molar-refractivity contribution in [1.29, 1.82) is 0 Å². The highest BCUT2D eigenvalue weighted by Gasteiger charge is 2.09. The summed E-state index contributed by atoms with van der Waals surface area (Å²) in [5.41, 5.74) is 0.683. The first-order valence-electron chi connectivity index (χ1n) is 5.87. The monoisotopic (exact) mass is 393 g/mol. The molecule has 0 heterocycles. The third-order valence-corrected chi connectivity index (χ3v) is 4.33. The average molecular weight is 395 g/mol. The number of carbonyl (C=O) groups is 1. The van der Waals surface area contributed by atoms with Crippen LogP contribution in [-0.2, 0) is 0 Å². The molecule has 0 saturated carbocycles. The third kappa shape index (κ3) is 5.76. The minimum absolute atomic E-state index is 0.0146. The van der Waals surface area contributed by atoms with Crippen LogP contribution in [0.15, 0.2) is 27.1 Å². The van der Waals surface area contributed by atoms with Crippen LogP contribution in [0.4, 0.5) is 0 Å². The summed E-state index contributed by atoms with van der Waals surface area (Å²) < 4.78 is 1.78. The van der Waals surface area contributed by atoms with Gasteiger partial charge >= 0.3 is 0 Å². The fourth-order valence-electron chi connectivity index (χ4n) is 1.52. The highest BCUT2D eigenvalue weighted by atomic mass is 79.9. The van der Waals surface area contributed by atoms with Crippen LogP contribution >= 0.6 is 43.6 Å². The second-order valence-corrected chi connectivity index (χ2v) is 6.69. The van der Waals surface area contributed by atoms with E-state index in [1.165, 1.54) is 18.6 Å². The van der Waals surface area contributed by atoms with Gasteiger partial charge in [-0.3, -0.25) is 4.79 Å². The van der Waals surface area contributed by atoms with Gasteiger partial charge in [0.05, 0.1) is 5.56 Å². The zero-order valence-corrected chi connectivity index (χ0v) is 14.3. The van der Waals surface area contributed by atoms with E-state index in [1.54, 1.807) is 0 Å². The highest BCUT2D eigenvalue weighted by molar-refractivity contribution is 9.11. The third-order valence-electron chi connectivity index (χ3n) is 2.49. The molecule has 0 aliphatic carbocycles. The number of amides is 1. The van der Waals surface area contributed by atoms with Gasteiger partial charge in [-0.1, -0.05) is 22.4 Å². The molecule has 0 aliphatic rings. The fourth-order valence-corrected chi connectivity index (χ4v) is 3.24. The number of halogens is 2. The number of thioether (sulfide) groups is 1. The molecule has 0 atom stereocenters. The van der Waals surface area contributed by atoms with Gasteiger partial charge in [-0.2, -0.15) is 11.8 Å². The summed E-state index contributed by atoms with van der Waals surface area (Å²) in [6.07, 6.45) is 5.55. The van der Waals surface area contributed by atoms with Crippen LogP contribution in [-0.4, -0.2) is 24.5 Å². The van der Waals surface area contributed by atoms with Gasteiger partial charge in [-0.05, 0) is 59.0 Å². The number of unbranched alkanes of at least 4 members (excludes halogenated alkanes) is 2. The smallest absolute Gasteiger partial charge is 0.252 e. The lowest BCUT2D eigenvalue weighted by Crippen LogP contribution is -2.24. The second kappa shape index (κ2) is 8.99. The van der Waals surface area contributed by atoms with Gasteiger partial charge in [0.25, 0.3) is 5.91 Å². The Morgan fingerprint density at radius 2 is 2.06 bits per heavy atom. The van der Waals surface area contributed by atoms with Crippen LogP contribution in [0.3, 0.4) is 0 Å². The molecule has 1 aromatic rings. The zero-order valence-electron chi connectivity index (χ0n) is 10.3. The molecule has 0 fully saturated rings. The van der Waals surface area contributed by atoms with Crippen LogP contribution in [0.1, 0.15) is 29.6 Å². The molecule has 5 heteroatoms. The lowest BCUT2D eigenvalue weighted by atomic mass is 10.2. The van der Waals surface area contributed by atoms with Crippen LogP contribution in [0.25, 0.3) is 0 Å². The van der Waals surface area contributed by atoms with Crippen molar-refractivity contribution in [3.8, 4) is 0 Å². The normalized spacial score (nSPS) is 10.4. The first-order chi connectivity index (χ1) is 8.65. The number of benzene rings is 1. The maximum Gasteiger partial charge on any atom is 0.252 e. The highest BCUT2D eigenvalue weighted by Crippen LogP contribution is 2.21. The molecule has 2 nitrogen and oxygen atoms in total. The summed E-state index contributed by atoms with van der Waals surface area (Å²) >= 11 is 8.64. The summed E-state index contributed by atoms with van der Waals surface area (Å²) in [5, 5.41) is 2.95. The molecular formula is C13H17Br2NOS.